The molecule has 0 aliphatic heterocycles. The minimum atomic E-state index is -0.845. The highest BCUT2D eigenvalue weighted by Gasteiger charge is 2.27. The molecule has 1 aromatic rings. The van der Waals surface area contributed by atoms with Gasteiger partial charge < -0.3 is 10.8 Å². The second-order valence-electron chi connectivity index (χ2n) is 4.40. The van der Waals surface area contributed by atoms with Crippen molar-refractivity contribution in [2.24, 2.45) is 5.73 Å². The molecule has 1 heterocycles. The normalized spacial score (nSPS) is 15.6. The molecule has 2 rings (SSSR count). The molecule has 0 aromatic carbocycles. The number of nitrogens with two attached hydrogens (primary N) is 1. The molecule has 0 spiro atoms. The Bertz CT molecular complexity index is 446. The molecule has 1 aliphatic carbocycles. The van der Waals surface area contributed by atoms with Crippen molar-refractivity contribution in [2.45, 2.75) is 38.5 Å². The van der Waals surface area contributed by atoms with E-state index < -0.39 is 11.9 Å². The number of aromatic nitrogens is 2. The third-order valence-electron chi connectivity index (χ3n) is 3.16. The van der Waals surface area contributed by atoms with E-state index in [4.69, 9.17) is 5.73 Å². The van der Waals surface area contributed by atoms with Crippen LogP contribution in [0.2, 0.25) is 0 Å². The van der Waals surface area contributed by atoms with Crippen molar-refractivity contribution >= 4 is 5.97 Å². The predicted molar refractivity (Wildman–Crippen MR) is 62.8 cm³/mol. The van der Waals surface area contributed by atoms with Crippen LogP contribution in [0.4, 0.5) is 0 Å². The fraction of sp³-hybridized carbons (Fsp3) is 0.583. The van der Waals surface area contributed by atoms with Crippen LogP contribution in [0.15, 0.2) is 0 Å². The quantitative estimate of drug-likeness (QED) is 0.805. The van der Waals surface area contributed by atoms with E-state index in [-0.39, 0.29) is 0 Å². The number of carboxylic acid groups (broad SMARTS) is 1. The van der Waals surface area contributed by atoms with Gasteiger partial charge in [-0.05, 0) is 44.7 Å². The van der Waals surface area contributed by atoms with Gasteiger partial charge in [0.2, 0.25) is 0 Å². The molecule has 0 amide bonds. The summed E-state index contributed by atoms with van der Waals surface area (Å²) in [6.07, 6.45) is 3.29. The van der Waals surface area contributed by atoms with Gasteiger partial charge in [0.15, 0.2) is 0 Å². The van der Waals surface area contributed by atoms with Gasteiger partial charge in [0, 0.05) is 5.69 Å². The lowest BCUT2D eigenvalue weighted by Crippen LogP contribution is -2.20. The third-order valence-corrected chi connectivity index (χ3v) is 3.16. The van der Waals surface area contributed by atoms with Crippen LogP contribution < -0.4 is 5.73 Å². The van der Waals surface area contributed by atoms with Crippen LogP contribution in [0.1, 0.15) is 41.5 Å². The summed E-state index contributed by atoms with van der Waals surface area (Å²) < 4.78 is 0. The Morgan fingerprint density at radius 3 is 2.88 bits per heavy atom. The van der Waals surface area contributed by atoms with Gasteiger partial charge in [-0.2, -0.15) is 0 Å². The SMILES string of the molecule is Cc1nc2c(c(C(CCN)C(=O)O)n1)CCC2. The van der Waals surface area contributed by atoms with Gasteiger partial charge in [-0.15, -0.1) is 0 Å². The second-order valence-corrected chi connectivity index (χ2v) is 4.40. The number of aliphatic carboxylic acids is 1. The van der Waals surface area contributed by atoms with Gasteiger partial charge in [0.05, 0.1) is 5.69 Å². The van der Waals surface area contributed by atoms with Gasteiger partial charge in [0.1, 0.15) is 11.7 Å². The lowest BCUT2D eigenvalue weighted by Gasteiger charge is -2.15. The molecule has 0 saturated heterocycles. The van der Waals surface area contributed by atoms with Crippen LogP contribution in [-0.4, -0.2) is 27.6 Å². The molecule has 5 heteroatoms. The van der Waals surface area contributed by atoms with E-state index in [9.17, 15) is 9.90 Å². The summed E-state index contributed by atoms with van der Waals surface area (Å²) in [7, 11) is 0. The Kier molecular flexibility index (Phi) is 3.38. The predicted octanol–water partition coefficient (Wildman–Crippen LogP) is 0.791. The number of rotatable bonds is 4. The molecule has 3 N–H and O–H groups in total. The molecule has 1 aliphatic rings. The van der Waals surface area contributed by atoms with E-state index in [0.29, 0.717) is 24.5 Å². The van der Waals surface area contributed by atoms with E-state index in [1.54, 1.807) is 0 Å². The molecule has 0 bridgehead atoms. The number of hydrogen-bond donors (Lipinski definition) is 2. The molecular weight excluding hydrogens is 218 g/mol. The van der Waals surface area contributed by atoms with E-state index in [1.807, 2.05) is 6.92 Å². The first-order valence-corrected chi connectivity index (χ1v) is 5.92. The summed E-state index contributed by atoms with van der Waals surface area (Å²) >= 11 is 0. The molecule has 17 heavy (non-hydrogen) atoms. The summed E-state index contributed by atoms with van der Waals surface area (Å²) in [6, 6.07) is 0. The standard InChI is InChI=1S/C12H17N3O2/c1-7-14-10-4-2-3-8(10)11(15-7)9(5-6-13)12(16)17/h9H,2-6,13H2,1H3,(H,16,17). The van der Waals surface area contributed by atoms with Crippen LogP contribution in [-0.2, 0) is 17.6 Å². The molecule has 1 aromatic heterocycles. The summed E-state index contributed by atoms with van der Waals surface area (Å²) in [6.45, 7) is 2.16. The summed E-state index contributed by atoms with van der Waals surface area (Å²) in [5.74, 6) is -0.778. The van der Waals surface area contributed by atoms with Crippen molar-refractivity contribution in [2.75, 3.05) is 6.54 Å². The molecule has 92 valence electrons. The minimum Gasteiger partial charge on any atom is -0.481 e. The highest BCUT2D eigenvalue weighted by atomic mass is 16.4. The Morgan fingerprint density at radius 2 is 2.24 bits per heavy atom. The van der Waals surface area contributed by atoms with Crippen molar-refractivity contribution in [3.8, 4) is 0 Å². The maximum atomic E-state index is 11.3. The molecule has 5 nitrogen and oxygen atoms in total. The smallest absolute Gasteiger partial charge is 0.312 e. The van der Waals surface area contributed by atoms with E-state index in [0.717, 1.165) is 30.5 Å². The fourth-order valence-corrected chi connectivity index (χ4v) is 2.42. The van der Waals surface area contributed by atoms with E-state index >= 15 is 0 Å². The third kappa shape index (κ3) is 2.29. The lowest BCUT2D eigenvalue weighted by molar-refractivity contribution is -0.139. The zero-order valence-corrected chi connectivity index (χ0v) is 9.94. The van der Waals surface area contributed by atoms with Crippen LogP contribution in [0.5, 0.6) is 0 Å². The topological polar surface area (TPSA) is 89.1 Å². The van der Waals surface area contributed by atoms with E-state index in [2.05, 4.69) is 9.97 Å². The maximum absolute atomic E-state index is 11.3. The molecular formula is C12H17N3O2. The molecule has 1 unspecified atom stereocenters. The first-order chi connectivity index (χ1) is 8.13. The Hall–Kier alpha value is -1.49. The van der Waals surface area contributed by atoms with Crippen molar-refractivity contribution in [1.82, 2.24) is 9.97 Å². The number of nitrogens with zero attached hydrogens (tertiary/aromatic N) is 2. The highest BCUT2D eigenvalue weighted by Crippen LogP contribution is 2.29. The molecule has 0 saturated carbocycles. The van der Waals surface area contributed by atoms with Crippen LogP contribution >= 0.6 is 0 Å². The fourth-order valence-electron chi connectivity index (χ4n) is 2.42. The number of carbonyl (C=O) groups is 1. The second kappa shape index (κ2) is 4.79. The van der Waals surface area contributed by atoms with Crippen LogP contribution in [0.3, 0.4) is 0 Å². The van der Waals surface area contributed by atoms with Gasteiger partial charge in [-0.25, -0.2) is 9.97 Å². The lowest BCUT2D eigenvalue weighted by atomic mass is 9.96. The zero-order chi connectivity index (χ0) is 12.4. The summed E-state index contributed by atoms with van der Waals surface area (Å²) in [5.41, 5.74) is 8.23. The van der Waals surface area contributed by atoms with Crippen molar-refractivity contribution in [3.63, 3.8) is 0 Å². The molecule has 0 fully saturated rings. The average molecular weight is 235 g/mol. The van der Waals surface area contributed by atoms with Gasteiger partial charge in [-0.1, -0.05) is 0 Å². The summed E-state index contributed by atoms with van der Waals surface area (Å²) in [5, 5.41) is 9.26. The number of fused-ring (bicyclic) bond motifs is 1. The van der Waals surface area contributed by atoms with Crippen LogP contribution in [0, 0.1) is 6.92 Å². The average Bonchev–Trinajstić information content (AvgIpc) is 2.72. The van der Waals surface area contributed by atoms with Crippen molar-refractivity contribution in [3.05, 3.63) is 22.8 Å². The van der Waals surface area contributed by atoms with Crippen molar-refractivity contribution in [1.29, 1.82) is 0 Å². The number of carboxylic acids is 1. The van der Waals surface area contributed by atoms with Gasteiger partial charge in [-0.3, -0.25) is 4.79 Å². The van der Waals surface area contributed by atoms with Gasteiger partial charge in [0.25, 0.3) is 0 Å². The van der Waals surface area contributed by atoms with E-state index in [1.165, 1.54) is 0 Å². The molecule has 1 atom stereocenters. The Labute approximate surface area is 100 Å². The molecule has 0 radical (unpaired) electrons. The zero-order valence-electron chi connectivity index (χ0n) is 9.94. The first kappa shape index (κ1) is 12.0. The Balaban J connectivity index is 2.46. The van der Waals surface area contributed by atoms with Crippen LogP contribution in [0.25, 0.3) is 0 Å². The summed E-state index contributed by atoms with van der Waals surface area (Å²) in [4.78, 5) is 20.0. The number of aryl methyl sites for hydroxylation is 2. The van der Waals surface area contributed by atoms with Crippen molar-refractivity contribution < 1.29 is 9.90 Å². The monoisotopic (exact) mass is 235 g/mol. The Morgan fingerprint density at radius 1 is 1.47 bits per heavy atom. The maximum Gasteiger partial charge on any atom is 0.312 e. The largest absolute Gasteiger partial charge is 0.481 e. The first-order valence-electron chi connectivity index (χ1n) is 5.92. The minimum absolute atomic E-state index is 0.356. The highest BCUT2D eigenvalue weighted by molar-refractivity contribution is 5.76. The van der Waals surface area contributed by atoms with Gasteiger partial charge >= 0.3 is 5.97 Å². The number of hydrogen-bond acceptors (Lipinski definition) is 4.